The topological polar surface area (TPSA) is 35.5 Å². The molecule has 0 radical (unpaired) electrons. The van der Waals surface area contributed by atoms with Crippen molar-refractivity contribution in [1.29, 1.82) is 0 Å². The maximum atomic E-state index is 9.83. The molecule has 1 heterocycles. The van der Waals surface area contributed by atoms with Crippen LogP contribution < -0.4 is 5.32 Å². The van der Waals surface area contributed by atoms with E-state index in [4.69, 9.17) is 0 Å². The zero-order chi connectivity index (χ0) is 12.4. The molecule has 0 aromatic carbocycles. The van der Waals surface area contributed by atoms with Crippen LogP contribution in [0.15, 0.2) is 0 Å². The molecule has 3 unspecified atom stereocenters. The third-order valence-electron chi connectivity index (χ3n) is 4.32. The van der Waals surface area contributed by atoms with E-state index >= 15 is 0 Å². The summed E-state index contributed by atoms with van der Waals surface area (Å²) >= 11 is 0. The van der Waals surface area contributed by atoms with E-state index in [0.29, 0.717) is 18.0 Å². The minimum atomic E-state index is -0.179. The number of hydrogen-bond donors (Lipinski definition) is 2. The molecule has 0 aromatic rings. The molecule has 0 aromatic heterocycles. The SMILES string of the molecule is CC(O)C1CC(NCC2CC2)CN(C(C)C)C1. The van der Waals surface area contributed by atoms with Crippen LogP contribution in [0.25, 0.3) is 0 Å². The van der Waals surface area contributed by atoms with Gasteiger partial charge in [0.05, 0.1) is 6.10 Å². The molecule has 3 heteroatoms. The molecular formula is C14H28N2O. The van der Waals surface area contributed by atoms with Crippen LogP contribution in [0.4, 0.5) is 0 Å². The lowest BCUT2D eigenvalue weighted by Crippen LogP contribution is -2.53. The Bertz CT molecular complexity index is 222. The Morgan fingerprint density at radius 3 is 2.47 bits per heavy atom. The molecule has 1 saturated heterocycles. The molecule has 1 aliphatic heterocycles. The molecule has 1 aliphatic carbocycles. The lowest BCUT2D eigenvalue weighted by Gasteiger charge is -2.41. The van der Waals surface area contributed by atoms with Crippen LogP contribution >= 0.6 is 0 Å². The number of rotatable bonds is 5. The largest absolute Gasteiger partial charge is 0.393 e. The highest BCUT2D eigenvalue weighted by Gasteiger charge is 2.31. The summed E-state index contributed by atoms with van der Waals surface area (Å²) in [7, 11) is 0. The molecule has 2 aliphatic rings. The van der Waals surface area contributed by atoms with Crippen LogP contribution in [0, 0.1) is 11.8 Å². The zero-order valence-electron chi connectivity index (χ0n) is 11.5. The molecule has 100 valence electrons. The Morgan fingerprint density at radius 2 is 1.94 bits per heavy atom. The van der Waals surface area contributed by atoms with Gasteiger partial charge in [0.1, 0.15) is 0 Å². The third-order valence-corrected chi connectivity index (χ3v) is 4.32. The van der Waals surface area contributed by atoms with Crippen molar-refractivity contribution < 1.29 is 5.11 Å². The van der Waals surface area contributed by atoms with E-state index in [1.165, 1.54) is 19.4 Å². The lowest BCUT2D eigenvalue weighted by molar-refractivity contribution is 0.0354. The molecule has 3 nitrogen and oxygen atoms in total. The number of nitrogens with one attached hydrogen (secondary N) is 1. The first-order valence-electron chi connectivity index (χ1n) is 7.21. The van der Waals surface area contributed by atoms with Crippen molar-refractivity contribution in [2.75, 3.05) is 19.6 Å². The van der Waals surface area contributed by atoms with E-state index in [0.717, 1.165) is 25.4 Å². The van der Waals surface area contributed by atoms with Crippen molar-refractivity contribution in [3.63, 3.8) is 0 Å². The quantitative estimate of drug-likeness (QED) is 0.764. The molecule has 2 rings (SSSR count). The van der Waals surface area contributed by atoms with Crippen LogP contribution in [0.1, 0.15) is 40.0 Å². The number of likely N-dealkylation sites (tertiary alicyclic amines) is 1. The summed E-state index contributed by atoms with van der Waals surface area (Å²) in [5.74, 6) is 1.37. The van der Waals surface area contributed by atoms with E-state index in [9.17, 15) is 5.11 Å². The maximum absolute atomic E-state index is 9.83. The van der Waals surface area contributed by atoms with Gasteiger partial charge in [-0.2, -0.15) is 0 Å². The van der Waals surface area contributed by atoms with Crippen LogP contribution in [-0.4, -0.2) is 47.8 Å². The molecule has 17 heavy (non-hydrogen) atoms. The monoisotopic (exact) mass is 240 g/mol. The molecular weight excluding hydrogens is 212 g/mol. The van der Waals surface area contributed by atoms with Crippen molar-refractivity contribution in [3.05, 3.63) is 0 Å². The van der Waals surface area contributed by atoms with E-state index < -0.39 is 0 Å². The van der Waals surface area contributed by atoms with Gasteiger partial charge in [-0.05, 0) is 58.4 Å². The zero-order valence-corrected chi connectivity index (χ0v) is 11.5. The first-order chi connectivity index (χ1) is 8.06. The molecule has 0 bridgehead atoms. The fourth-order valence-corrected chi connectivity index (χ4v) is 2.75. The van der Waals surface area contributed by atoms with Gasteiger partial charge in [-0.3, -0.25) is 4.90 Å². The lowest BCUT2D eigenvalue weighted by atomic mass is 9.89. The Labute approximate surface area is 106 Å². The van der Waals surface area contributed by atoms with Crippen LogP contribution in [0.5, 0.6) is 0 Å². The summed E-state index contributed by atoms with van der Waals surface area (Å²) in [5.41, 5.74) is 0. The van der Waals surface area contributed by atoms with Crippen LogP contribution in [0.2, 0.25) is 0 Å². The van der Waals surface area contributed by atoms with E-state index in [1.54, 1.807) is 0 Å². The Morgan fingerprint density at radius 1 is 1.24 bits per heavy atom. The predicted octanol–water partition coefficient (Wildman–Crippen LogP) is 1.47. The summed E-state index contributed by atoms with van der Waals surface area (Å²) in [6, 6.07) is 1.16. The number of hydrogen-bond acceptors (Lipinski definition) is 3. The number of nitrogens with zero attached hydrogens (tertiary/aromatic N) is 1. The van der Waals surface area contributed by atoms with Crippen molar-refractivity contribution in [3.8, 4) is 0 Å². The summed E-state index contributed by atoms with van der Waals surface area (Å²) in [5, 5.41) is 13.5. The van der Waals surface area contributed by atoms with E-state index in [1.807, 2.05) is 6.92 Å². The second-order valence-corrected chi connectivity index (χ2v) is 6.33. The maximum Gasteiger partial charge on any atom is 0.0553 e. The highest BCUT2D eigenvalue weighted by Crippen LogP contribution is 2.28. The molecule has 0 spiro atoms. The average Bonchev–Trinajstić information content (AvgIpc) is 3.09. The first kappa shape index (κ1) is 13.3. The normalized spacial score (nSPS) is 33.0. The average molecular weight is 240 g/mol. The molecule has 2 N–H and O–H groups in total. The summed E-state index contributed by atoms with van der Waals surface area (Å²) in [6.45, 7) is 9.82. The van der Waals surface area contributed by atoms with Gasteiger partial charge in [0.15, 0.2) is 0 Å². The highest BCUT2D eigenvalue weighted by molar-refractivity contribution is 4.88. The number of aliphatic hydroxyl groups excluding tert-OH is 1. The minimum absolute atomic E-state index is 0.179. The van der Waals surface area contributed by atoms with E-state index in [2.05, 4.69) is 24.1 Å². The fraction of sp³-hybridized carbons (Fsp3) is 1.00. The molecule has 2 fully saturated rings. The van der Waals surface area contributed by atoms with Crippen molar-refractivity contribution in [2.45, 2.75) is 58.2 Å². The Kier molecular flexibility index (Phi) is 4.45. The summed E-state index contributed by atoms with van der Waals surface area (Å²) in [6.07, 6.45) is 3.77. The van der Waals surface area contributed by atoms with Crippen molar-refractivity contribution in [2.24, 2.45) is 11.8 Å². The van der Waals surface area contributed by atoms with Crippen LogP contribution in [0.3, 0.4) is 0 Å². The predicted molar refractivity (Wildman–Crippen MR) is 71.0 cm³/mol. The van der Waals surface area contributed by atoms with Gasteiger partial charge < -0.3 is 10.4 Å². The van der Waals surface area contributed by atoms with Gasteiger partial charge in [0.2, 0.25) is 0 Å². The van der Waals surface area contributed by atoms with Crippen molar-refractivity contribution in [1.82, 2.24) is 10.2 Å². The van der Waals surface area contributed by atoms with Crippen LogP contribution in [-0.2, 0) is 0 Å². The van der Waals surface area contributed by atoms with Gasteiger partial charge >= 0.3 is 0 Å². The smallest absolute Gasteiger partial charge is 0.0553 e. The summed E-state index contributed by atoms with van der Waals surface area (Å²) in [4.78, 5) is 2.51. The van der Waals surface area contributed by atoms with Gasteiger partial charge in [-0.25, -0.2) is 0 Å². The van der Waals surface area contributed by atoms with Gasteiger partial charge in [-0.1, -0.05) is 0 Å². The van der Waals surface area contributed by atoms with Gasteiger partial charge in [0, 0.05) is 25.2 Å². The fourth-order valence-electron chi connectivity index (χ4n) is 2.75. The second-order valence-electron chi connectivity index (χ2n) is 6.33. The molecule has 0 amide bonds. The first-order valence-corrected chi connectivity index (χ1v) is 7.21. The number of piperidine rings is 1. The summed E-state index contributed by atoms with van der Waals surface area (Å²) < 4.78 is 0. The standard InChI is InChI=1S/C14H28N2O/c1-10(2)16-8-13(11(3)17)6-14(9-16)15-7-12-4-5-12/h10-15,17H,4-9H2,1-3H3. The third kappa shape index (κ3) is 3.94. The molecule has 1 saturated carbocycles. The van der Waals surface area contributed by atoms with E-state index in [-0.39, 0.29) is 6.10 Å². The number of aliphatic hydroxyl groups is 1. The molecule has 3 atom stereocenters. The highest BCUT2D eigenvalue weighted by atomic mass is 16.3. The minimum Gasteiger partial charge on any atom is -0.393 e. The Balaban J connectivity index is 1.85. The van der Waals surface area contributed by atoms with Gasteiger partial charge in [-0.15, -0.1) is 0 Å². The Hall–Kier alpha value is -0.120. The van der Waals surface area contributed by atoms with Crippen molar-refractivity contribution >= 4 is 0 Å². The van der Waals surface area contributed by atoms with Gasteiger partial charge in [0.25, 0.3) is 0 Å². The second kappa shape index (κ2) is 5.68.